The largest absolute Gasteiger partial charge is 0.353 e. The van der Waals surface area contributed by atoms with Gasteiger partial charge in [-0.2, -0.15) is 0 Å². The summed E-state index contributed by atoms with van der Waals surface area (Å²) in [4.78, 5) is 10.8. The smallest absolute Gasteiger partial charge is 0.224 e. The monoisotopic (exact) mass is 239 g/mol. The van der Waals surface area contributed by atoms with Crippen LogP contribution >= 0.6 is 11.6 Å². The fraction of sp³-hybridized carbons (Fsp3) is 0.667. The van der Waals surface area contributed by atoms with Crippen molar-refractivity contribution in [3.63, 3.8) is 0 Å². The Hall–Kier alpha value is -0.830. The van der Waals surface area contributed by atoms with Crippen LogP contribution in [-0.4, -0.2) is 22.6 Å². The Morgan fingerprint density at radius 2 is 2.19 bits per heavy atom. The topological polar surface area (TPSA) is 29.0 Å². The summed E-state index contributed by atoms with van der Waals surface area (Å²) in [6.45, 7) is 5.25. The summed E-state index contributed by atoms with van der Waals surface area (Å²) in [6, 6.07) is 2.71. The highest BCUT2D eigenvalue weighted by molar-refractivity contribution is 6.28. The number of aryl methyl sites for hydroxylation is 1. The maximum atomic E-state index is 5.90. The van der Waals surface area contributed by atoms with Crippen molar-refractivity contribution in [3.05, 3.63) is 17.0 Å². The molecular formula is C12H18ClN3. The standard InChI is InChI=1S/C12H18ClN3/c1-3-4-7-16(10-5-6-10)11-8-9(2)14-12(13)15-11/h8,10H,3-7H2,1-2H3. The summed E-state index contributed by atoms with van der Waals surface area (Å²) in [5.74, 6) is 0.994. The van der Waals surface area contributed by atoms with Crippen molar-refractivity contribution in [2.24, 2.45) is 0 Å². The average Bonchev–Trinajstić information content (AvgIpc) is 3.01. The van der Waals surface area contributed by atoms with Gasteiger partial charge in [-0.15, -0.1) is 0 Å². The minimum atomic E-state index is 0.358. The molecule has 1 heterocycles. The van der Waals surface area contributed by atoms with E-state index in [1.807, 2.05) is 13.0 Å². The van der Waals surface area contributed by atoms with Gasteiger partial charge in [0, 0.05) is 24.3 Å². The van der Waals surface area contributed by atoms with Crippen molar-refractivity contribution >= 4 is 17.4 Å². The maximum Gasteiger partial charge on any atom is 0.224 e. The summed E-state index contributed by atoms with van der Waals surface area (Å²) in [5.41, 5.74) is 0.942. The van der Waals surface area contributed by atoms with Gasteiger partial charge in [0.25, 0.3) is 0 Å². The first-order chi connectivity index (χ1) is 7.70. The van der Waals surface area contributed by atoms with Gasteiger partial charge in [0.2, 0.25) is 5.28 Å². The Balaban J connectivity index is 2.16. The predicted octanol–water partition coefficient (Wildman–Crippen LogP) is 3.21. The van der Waals surface area contributed by atoms with Crippen LogP contribution in [0.25, 0.3) is 0 Å². The second-order valence-electron chi connectivity index (χ2n) is 4.41. The number of anilines is 1. The summed E-state index contributed by atoms with van der Waals surface area (Å²) in [5, 5.41) is 0.358. The molecule has 0 spiro atoms. The first kappa shape index (κ1) is 11.6. The zero-order chi connectivity index (χ0) is 11.5. The number of halogens is 1. The van der Waals surface area contributed by atoms with E-state index in [1.54, 1.807) is 0 Å². The first-order valence-electron chi connectivity index (χ1n) is 5.98. The van der Waals surface area contributed by atoms with Crippen molar-refractivity contribution in [2.75, 3.05) is 11.4 Å². The van der Waals surface area contributed by atoms with Crippen molar-refractivity contribution < 1.29 is 0 Å². The molecule has 1 aromatic heterocycles. The Bertz CT molecular complexity index is 343. The number of hydrogen-bond acceptors (Lipinski definition) is 3. The molecule has 1 aliphatic carbocycles. The molecule has 1 aliphatic rings. The van der Waals surface area contributed by atoms with Crippen LogP contribution in [0.2, 0.25) is 5.28 Å². The third-order valence-corrected chi connectivity index (χ3v) is 3.02. The number of nitrogens with zero attached hydrogens (tertiary/aromatic N) is 3. The molecule has 16 heavy (non-hydrogen) atoms. The summed E-state index contributed by atoms with van der Waals surface area (Å²) < 4.78 is 0. The molecule has 0 atom stereocenters. The van der Waals surface area contributed by atoms with Gasteiger partial charge in [-0.1, -0.05) is 13.3 Å². The van der Waals surface area contributed by atoms with Crippen LogP contribution < -0.4 is 4.90 Å². The van der Waals surface area contributed by atoms with E-state index < -0.39 is 0 Å². The van der Waals surface area contributed by atoms with Gasteiger partial charge in [-0.3, -0.25) is 0 Å². The van der Waals surface area contributed by atoms with E-state index in [0.717, 1.165) is 18.1 Å². The lowest BCUT2D eigenvalue weighted by atomic mass is 10.3. The minimum absolute atomic E-state index is 0.358. The second-order valence-corrected chi connectivity index (χ2v) is 4.75. The maximum absolute atomic E-state index is 5.90. The predicted molar refractivity (Wildman–Crippen MR) is 67.1 cm³/mol. The van der Waals surface area contributed by atoms with E-state index in [9.17, 15) is 0 Å². The molecule has 0 bridgehead atoms. The molecule has 88 valence electrons. The van der Waals surface area contributed by atoms with Gasteiger partial charge in [-0.05, 0) is 37.8 Å². The molecule has 0 radical (unpaired) electrons. The minimum Gasteiger partial charge on any atom is -0.353 e. The third kappa shape index (κ3) is 2.85. The second kappa shape index (κ2) is 5.00. The molecule has 0 aliphatic heterocycles. The van der Waals surface area contributed by atoms with Gasteiger partial charge in [-0.25, -0.2) is 9.97 Å². The SMILES string of the molecule is CCCCN(c1cc(C)nc(Cl)n1)C1CC1. The quantitative estimate of drug-likeness (QED) is 0.739. The number of aromatic nitrogens is 2. The molecular weight excluding hydrogens is 222 g/mol. The van der Waals surface area contributed by atoms with Crippen LogP contribution in [0, 0.1) is 6.92 Å². The molecule has 1 saturated carbocycles. The number of hydrogen-bond donors (Lipinski definition) is 0. The van der Waals surface area contributed by atoms with E-state index >= 15 is 0 Å². The van der Waals surface area contributed by atoms with Crippen LogP contribution in [0.4, 0.5) is 5.82 Å². The van der Waals surface area contributed by atoms with Crippen LogP contribution in [0.15, 0.2) is 6.07 Å². The highest BCUT2D eigenvalue weighted by Crippen LogP contribution is 2.31. The molecule has 0 aromatic carbocycles. The van der Waals surface area contributed by atoms with Gasteiger partial charge in [0.05, 0.1) is 0 Å². The summed E-state index contributed by atoms with van der Waals surface area (Å²) in [6.07, 6.45) is 4.98. The molecule has 0 N–H and O–H groups in total. The molecule has 4 heteroatoms. The van der Waals surface area contributed by atoms with Crippen LogP contribution in [-0.2, 0) is 0 Å². The zero-order valence-corrected chi connectivity index (χ0v) is 10.7. The Morgan fingerprint density at radius 1 is 1.44 bits per heavy atom. The molecule has 2 rings (SSSR count). The normalized spacial score (nSPS) is 15.2. The van der Waals surface area contributed by atoms with Gasteiger partial charge >= 0.3 is 0 Å². The number of unbranched alkanes of at least 4 members (excludes halogenated alkanes) is 1. The molecule has 0 unspecified atom stereocenters. The Morgan fingerprint density at radius 3 is 2.75 bits per heavy atom. The highest BCUT2D eigenvalue weighted by atomic mass is 35.5. The van der Waals surface area contributed by atoms with Crippen molar-refractivity contribution in [1.29, 1.82) is 0 Å². The van der Waals surface area contributed by atoms with E-state index in [1.165, 1.54) is 25.7 Å². The molecule has 1 fully saturated rings. The molecule has 0 amide bonds. The van der Waals surface area contributed by atoms with Gasteiger partial charge < -0.3 is 4.90 Å². The fourth-order valence-electron chi connectivity index (χ4n) is 1.86. The van der Waals surface area contributed by atoms with Gasteiger partial charge in [0.15, 0.2) is 0 Å². The van der Waals surface area contributed by atoms with Crippen LogP contribution in [0.1, 0.15) is 38.3 Å². The van der Waals surface area contributed by atoms with Gasteiger partial charge in [0.1, 0.15) is 5.82 Å². The molecule has 3 nitrogen and oxygen atoms in total. The zero-order valence-electron chi connectivity index (χ0n) is 9.91. The lowest BCUT2D eigenvalue weighted by Gasteiger charge is -2.23. The van der Waals surface area contributed by atoms with Crippen LogP contribution in [0.3, 0.4) is 0 Å². The van der Waals surface area contributed by atoms with E-state index in [2.05, 4.69) is 21.8 Å². The molecule has 0 saturated heterocycles. The first-order valence-corrected chi connectivity index (χ1v) is 6.36. The third-order valence-electron chi connectivity index (χ3n) is 2.85. The lowest BCUT2D eigenvalue weighted by molar-refractivity contribution is 0.703. The fourth-order valence-corrected chi connectivity index (χ4v) is 2.08. The van der Waals surface area contributed by atoms with Crippen LogP contribution in [0.5, 0.6) is 0 Å². The Kier molecular flexibility index (Phi) is 3.64. The van der Waals surface area contributed by atoms with E-state index in [0.29, 0.717) is 11.3 Å². The average molecular weight is 240 g/mol. The van der Waals surface area contributed by atoms with Crippen molar-refractivity contribution in [2.45, 2.75) is 45.6 Å². The summed E-state index contributed by atoms with van der Waals surface area (Å²) in [7, 11) is 0. The highest BCUT2D eigenvalue weighted by Gasteiger charge is 2.29. The lowest BCUT2D eigenvalue weighted by Crippen LogP contribution is -2.27. The van der Waals surface area contributed by atoms with E-state index in [4.69, 9.17) is 11.6 Å². The van der Waals surface area contributed by atoms with Crippen molar-refractivity contribution in [3.8, 4) is 0 Å². The Labute approximate surface area is 102 Å². The summed E-state index contributed by atoms with van der Waals surface area (Å²) >= 11 is 5.90. The molecule has 1 aromatic rings. The van der Waals surface area contributed by atoms with Crippen molar-refractivity contribution in [1.82, 2.24) is 9.97 Å². The van der Waals surface area contributed by atoms with E-state index in [-0.39, 0.29) is 0 Å². The number of rotatable bonds is 5.